The molecule has 28 heavy (non-hydrogen) atoms. The van der Waals surface area contributed by atoms with Crippen molar-refractivity contribution in [2.75, 3.05) is 17.7 Å². The van der Waals surface area contributed by atoms with Crippen LogP contribution in [0.1, 0.15) is 16.2 Å². The number of nitrogens with one attached hydrogen (secondary N) is 2. The first kappa shape index (κ1) is 19.0. The lowest BCUT2D eigenvalue weighted by Gasteiger charge is -2.07. The number of nitrogens with zero attached hydrogens (tertiary/aromatic N) is 3. The van der Waals surface area contributed by atoms with E-state index in [0.717, 1.165) is 0 Å². The third kappa shape index (κ3) is 4.50. The molecule has 0 spiro atoms. The predicted molar refractivity (Wildman–Crippen MR) is 101 cm³/mol. The molecule has 0 radical (unpaired) electrons. The molecule has 9 heteroatoms. The molecule has 0 fully saturated rings. The van der Waals surface area contributed by atoms with Gasteiger partial charge in [0.2, 0.25) is 5.91 Å². The van der Waals surface area contributed by atoms with Crippen LogP contribution in [0.4, 0.5) is 15.8 Å². The normalized spacial score (nSPS) is 10.4. The molecular formula is C19H18FN5O3. The van der Waals surface area contributed by atoms with Crippen LogP contribution in [0.2, 0.25) is 0 Å². The van der Waals surface area contributed by atoms with E-state index in [1.807, 2.05) is 0 Å². The standard InChI is InChI=1S/C19H18FN5O3/c1-12-18(19(27)22-15-7-9-16(28-2)10-8-15)23-24-25(12)11-17(26)21-14-5-3-13(20)4-6-14/h3-10H,11H2,1-2H3,(H,21,26)(H,22,27). The zero-order valence-electron chi connectivity index (χ0n) is 15.3. The zero-order chi connectivity index (χ0) is 20.1. The van der Waals surface area contributed by atoms with Crippen LogP contribution in [0.5, 0.6) is 5.75 Å². The second-order valence-corrected chi connectivity index (χ2v) is 5.92. The number of halogens is 1. The van der Waals surface area contributed by atoms with Crippen LogP contribution in [0.3, 0.4) is 0 Å². The molecule has 0 saturated heterocycles. The molecule has 3 rings (SSSR count). The largest absolute Gasteiger partial charge is 0.497 e. The second kappa shape index (κ2) is 8.30. The molecule has 0 atom stereocenters. The Balaban J connectivity index is 1.64. The first-order valence-corrected chi connectivity index (χ1v) is 8.37. The van der Waals surface area contributed by atoms with Crippen molar-refractivity contribution in [3.05, 3.63) is 65.7 Å². The maximum absolute atomic E-state index is 12.9. The van der Waals surface area contributed by atoms with Gasteiger partial charge in [0, 0.05) is 11.4 Å². The Kier molecular flexibility index (Phi) is 5.64. The number of hydrogen-bond donors (Lipinski definition) is 2. The Morgan fingerprint density at radius 3 is 2.29 bits per heavy atom. The highest BCUT2D eigenvalue weighted by molar-refractivity contribution is 6.03. The minimum atomic E-state index is -0.437. The van der Waals surface area contributed by atoms with Crippen molar-refractivity contribution in [3.8, 4) is 5.75 Å². The van der Waals surface area contributed by atoms with Crippen molar-refractivity contribution in [1.82, 2.24) is 15.0 Å². The third-order valence-electron chi connectivity index (χ3n) is 3.97. The predicted octanol–water partition coefficient (Wildman–Crippen LogP) is 2.63. The summed E-state index contributed by atoms with van der Waals surface area (Å²) in [5, 5.41) is 13.1. The van der Waals surface area contributed by atoms with Gasteiger partial charge in [-0.15, -0.1) is 5.10 Å². The highest BCUT2D eigenvalue weighted by atomic mass is 19.1. The van der Waals surface area contributed by atoms with Gasteiger partial charge in [0.1, 0.15) is 18.1 Å². The van der Waals surface area contributed by atoms with Crippen molar-refractivity contribution < 1.29 is 18.7 Å². The summed E-state index contributed by atoms with van der Waals surface area (Å²) >= 11 is 0. The fourth-order valence-electron chi connectivity index (χ4n) is 2.45. The number of methoxy groups -OCH3 is 1. The molecule has 0 aliphatic rings. The van der Waals surface area contributed by atoms with Crippen molar-refractivity contribution in [3.63, 3.8) is 0 Å². The van der Waals surface area contributed by atoms with Crippen LogP contribution in [-0.2, 0) is 11.3 Å². The van der Waals surface area contributed by atoms with Gasteiger partial charge in [0.05, 0.1) is 12.8 Å². The number of aromatic nitrogens is 3. The van der Waals surface area contributed by atoms with Gasteiger partial charge in [-0.3, -0.25) is 9.59 Å². The van der Waals surface area contributed by atoms with E-state index in [4.69, 9.17) is 4.74 Å². The Labute approximate surface area is 160 Å². The fourth-order valence-corrected chi connectivity index (χ4v) is 2.45. The quantitative estimate of drug-likeness (QED) is 0.682. The first-order valence-electron chi connectivity index (χ1n) is 8.37. The van der Waals surface area contributed by atoms with Crippen molar-refractivity contribution in [2.45, 2.75) is 13.5 Å². The summed E-state index contributed by atoms with van der Waals surface area (Å²) in [6.07, 6.45) is 0. The van der Waals surface area contributed by atoms with Gasteiger partial charge in [-0.2, -0.15) is 0 Å². The molecule has 2 amide bonds. The van der Waals surface area contributed by atoms with E-state index < -0.39 is 11.7 Å². The number of amides is 2. The van der Waals surface area contributed by atoms with E-state index in [-0.39, 0.29) is 18.1 Å². The average Bonchev–Trinajstić information content (AvgIpc) is 3.04. The molecule has 0 aliphatic carbocycles. The van der Waals surface area contributed by atoms with Gasteiger partial charge in [0.15, 0.2) is 5.69 Å². The number of anilines is 2. The molecule has 2 N–H and O–H groups in total. The second-order valence-electron chi connectivity index (χ2n) is 5.92. The minimum absolute atomic E-state index is 0.116. The van der Waals surface area contributed by atoms with Gasteiger partial charge in [-0.25, -0.2) is 9.07 Å². The van der Waals surface area contributed by atoms with Crippen molar-refractivity contribution in [2.24, 2.45) is 0 Å². The van der Waals surface area contributed by atoms with E-state index >= 15 is 0 Å². The van der Waals surface area contributed by atoms with Crippen LogP contribution in [0.15, 0.2) is 48.5 Å². The molecule has 2 aromatic carbocycles. The molecule has 0 saturated carbocycles. The summed E-state index contributed by atoms with van der Waals surface area (Å²) in [5.41, 5.74) is 1.60. The van der Waals surface area contributed by atoms with Crippen LogP contribution in [-0.4, -0.2) is 33.9 Å². The van der Waals surface area contributed by atoms with E-state index in [9.17, 15) is 14.0 Å². The molecule has 0 unspecified atom stereocenters. The van der Waals surface area contributed by atoms with Gasteiger partial charge in [0.25, 0.3) is 5.91 Å². The molecular weight excluding hydrogens is 365 g/mol. The smallest absolute Gasteiger partial charge is 0.278 e. The Hall–Kier alpha value is -3.75. The molecule has 0 aliphatic heterocycles. The lowest BCUT2D eigenvalue weighted by Crippen LogP contribution is -2.21. The van der Waals surface area contributed by atoms with Crippen molar-refractivity contribution >= 4 is 23.2 Å². The van der Waals surface area contributed by atoms with Gasteiger partial charge < -0.3 is 15.4 Å². The number of hydrogen-bond acceptors (Lipinski definition) is 5. The van der Waals surface area contributed by atoms with E-state index in [2.05, 4.69) is 20.9 Å². The topological polar surface area (TPSA) is 98.1 Å². The number of carbonyl (C=O) groups excluding carboxylic acids is 2. The zero-order valence-corrected chi connectivity index (χ0v) is 15.3. The van der Waals surface area contributed by atoms with Gasteiger partial charge >= 0.3 is 0 Å². The fraction of sp³-hybridized carbons (Fsp3) is 0.158. The summed E-state index contributed by atoms with van der Waals surface area (Å²) < 4.78 is 19.3. The van der Waals surface area contributed by atoms with Crippen LogP contribution >= 0.6 is 0 Å². The molecule has 1 aromatic heterocycles. The Bertz CT molecular complexity index is 984. The number of rotatable bonds is 6. The van der Waals surface area contributed by atoms with Crippen LogP contribution in [0.25, 0.3) is 0 Å². The van der Waals surface area contributed by atoms with E-state index in [1.54, 1.807) is 38.3 Å². The molecule has 144 valence electrons. The summed E-state index contributed by atoms with van der Waals surface area (Å²) in [6, 6.07) is 12.2. The maximum Gasteiger partial charge on any atom is 0.278 e. The first-order chi connectivity index (χ1) is 13.5. The summed E-state index contributed by atoms with van der Waals surface area (Å²) in [4.78, 5) is 24.6. The van der Waals surface area contributed by atoms with Gasteiger partial charge in [-0.1, -0.05) is 5.21 Å². The monoisotopic (exact) mass is 383 g/mol. The number of benzene rings is 2. The van der Waals surface area contributed by atoms with Crippen LogP contribution < -0.4 is 15.4 Å². The number of ether oxygens (including phenoxy) is 1. The highest BCUT2D eigenvalue weighted by Gasteiger charge is 2.18. The van der Waals surface area contributed by atoms with E-state index in [1.165, 1.54) is 28.9 Å². The minimum Gasteiger partial charge on any atom is -0.497 e. The Morgan fingerprint density at radius 2 is 1.64 bits per heavy atom. The SMILES string of the molecule is COc1ccc(NC(=O)c2nnn(CC(=O)Nc3ccc(F)cc3)c2C)cc1. The summed E-state index contributed by atoms with van der Waals surface area (Å²) in [6.45, 7) is 1.51. The van der Waals surface area contributed by atoms with E-state index in [0.29, 0.717) is 22.8 Å². The average molecular weight is 383 g/mol. The molecule has 3 aromatic rings. The van der Waals surface area contributed by atoms with Crippen LogP contribution in [0, 0.1) is 12.7 Å². The third-order valence-corrected chi connectivity index (χ3v) is 3.97. The molecule has 1 heterocycles. The van der Waals surface area contributed by atoms with Crippen molar-refractivity contribution in [1.29, 1.82) is 0 Å². The summed E-state index contributed by atoms with van der Waals surface area (Å²) in [5.74, 6) is -0.528. The maximum atomic E-state index is 12.9. The molecule has 8 nitrogen and oxygen atoms in total. The Morgan fingerprint density at radius 1 is 1.04 bits per heavy atom. The summed E-state index contributed by atoms with van der Waals surface area (Å²) in [7, 11) is 1.56. The lowest BCUT2D eigenvalue weighted by molar-refractivity contribution is -0.117. The number of carbonyl (C=O) groups is 2. The van der Waals surface area contributed by atoms with Gasteiger partial charge in [-0.05, 0) is 55.5 Å². The molecule has 0 bridgehead atoms. The lowest BCUT2D eigenvalue weighted by atomic mass is 10.2. The highest BCUT2D eigenvalue weighted by Crippen LogP contribution is 2.16.